The van der Waals surface area contributed by atoms with E-state index in [0.29, 0.717) is 12.3 Å². The van der Waals surface area contributed by atoms with Crippen molar-refractivity contribution in [2.75, 3.05) is 6.61 Å². The van der Waals surface area contributed by atoms with Crippen molar-refractivity contribution in [3.8, 4) is 6.07 Å². The SMILES string of the molecule is CC(=O)OC[C@H]1O[C@@](C#N)(C2=CCC3C(N)=NC=NN23)[C@H](O)[C@@H]1OC(=O)[C@@H](N)C(C)C. The fraction of sp³-hybridized carbons (Fsp3) is 0.632. The van der Waals surface area contributed by atoms with Crippen LogP contribution < -0.4 is 11.5 Å². The van der Waals surface area contributed by atoms with Crippen molar-refractivity contribution in [2.45, 2.75) is 63.2 Å². The van der Waals surface area contributed by atoms with Gasteiger partial charge in [-0.1, -0.05) is 19.9 Å². The number of aliphatic hydroxyl groups is 1. The Hall–Kier alpha value is -3.01. The molecule has 3 aliphatic rings. The Morgan fingerprint density at radius 3 is 2.84 bits per heavy atom. The van der Waals surface area contributed by atoms with Crippen molar-refractivity contribution in [3.05, 3.63) is 11.8 Å². The predicted molar refractivity (Wildman–Crippen MR) is 107 cm³/mol. The summed E-state index contributed by atoms with van der Waals surface area (Å²) in [5.41, 5.74) is 10.1. The molecule has 0 aromatic heterocycles. The second-order valence-corrected chi connectivity index (χ2v) is 7.89. The fourth-order valence-corrected chi connectivity index (χ4v) is 3.65. The highest BCUT2D eigenvalue weighted by molar-refractivity contribution is 5.93. The van der Waals surface area contributed by atoms with Gasteiger partial charge in [0.15, 0.2) is 6.10 Å². The van der Waals surface area contributed by atoms with Gasteiger partial charge in [0.25, 0.3) is 0 Å². The van der Waals surface area contributed by atoms with Crippen molar-refractivity contribution in [1.82, 2.24) is 5.01 Å². The van der Waals surface area contributed by atoms with Gasteiger partial charge in [-0.2, -0.15) is 10.4 Å². The van der Waals surface area contributed by atoms with Gasteiger partial charge in [-0.25, -0.2) is 4.99 Å². The number of esters is 2. The third kappa shape index (κ3) is 3.99. The number of aliphatic hydroxyl groups excluding tert-OH is 1. The minimum atomic E-state index is -1.94. The molecule has 12 nitrogen and oxygen atoms in total. The van der Waals surface area contributed by atoms with Gasteiger partial charge in [0.1, 0.15) is 49.1 Å². The van der Waals surface area contributed by atoms with Crippen molar-refractivity contribution in [3.63, 3.8) is 0 Å². The molecule has 3 aliphatic heterocycles. The monoisotopic (exact) mass is 434 g/mol. The summed E-state index contributed by atoms with van der Waals surface area (Å²) in [6.07, 6.45) is -0.750. The summed E-state index contributed by atoms with van der Waals surface area (Å²) in [5, 5.41) is 26.8. The molecule has 0 aromatic carbocycles. The number of nitriles is 1. The molecule has 0 aromatic rings. The second kappa shape index (κ2) is 8.62. The van der Waals surface area contributed by atoms with Crippen LogP contribution in [0, 0.1) is 17.2 Å². The number of hydrogen-bond donors (Lipinski definition) is 3. The van der Waals surface area contributed by atoms with Crippen LogP contribution in [0.5, 0.6) is 0 Å². The zero-order valence-corrected chi connectivity index (χ0v) is 17.5. The first kappa shape index (κ1) is 22.7. The lowest BCUT2D eigenvalue weighted by Gasteiger charge is -2.34. The van der Waals surface area contributed by atoms with Gasteiger partial charge in [-0.05, 0) is 12.3 Å². The molecular weight excluding hydrogens is 408 g/mol. The number of nitrogens with two attached hydrogens (primary N) is 2. The van der Waals surface area contributed by atoms with Gasteiger partial charge < -0.3 is 30.8 Å². The second-order valence-electron chi connectivity index (χ2n) is 7.89. The lowest BCUT2D eigenvalue weighted by Crippen LogP contribution is -2.51. The van der Waals surface area contributed by atoms with Crippen LogP contribution in [0.3, 0.4) is 0 Å². The molecule has 3 heterocycles. The zero-order valence-electron chi connectivity index (χ0n) is 17.5. The van der Waals surface area contributed by atoms with Crippen LogP contribution in [0.2, 0.25) is 0 Å². The molecule has 0 amide bonds. The normalized spacial score (nSPS) is 32.7. The summed E-state index contributed by atoms with van der Waals surface area (Å²) >= 11 is 0. The standard InChI is InChI=1S/C19H26N6O6/c1-9(2)14(21)18(28)30-15-12(6-29-10(3)26)31-19(7-20,16(15)27)13-5-4-11-17(22)23-8-24-25(11)13/h5,8-9,11-12,14-16,27H,4,6,21H2,1-3H3,(H2,22,23,24)/t11?,12-,14+,15-,16-,19+/m1/s1. The minimum Gasteiger partial charge on any atom is -0.463 e. The van der Waals surface area contributed by atoms with Crippen LogP contribution in [0.15, 0.2) is 21.9 Å². The van der Waals surface area contributed by atoms with E-state index in [-0.39, 0.29) is 18.2 Å². The smallest absolute Gasteiger partial charge is 0.323 e. The molecule has 0 bridgehead atoms. The first-order valence-corrected chi connectivity index (χ1v) is 9.84. The van der Waals surface area contributed by atoms with Crippen molar-refractivity contribution >= 4 is 24.1 Å². The molecule has 6 atom stereocenters. The number of carbonyl (C=O) groups excluding carboxylic acids is 2. The van der Waals surface area contributed by atoms with Crippen molar-refractivity contribution in [2.24, 2.45) is 27.5 Å². The van der Waals surface area contributed by atoms with E-state index in [4.69, 9.17) is 25.7 Å². The molecule has 0 spiro atoms. The minimum absolute atomic E-state index is 0.220. The number of carbonyl (C=O) groups is 2. The third-order valence-electron chi connectivity index (χ3n) is 5.47. The van der Waals surface area contributed by atoms with E-state index in [2.05, 4.69) is 10.1 Å². The number of hydrogen-bond acceptors (Lipinski definition) is 12. The Morgan fingerprint density at radius 2 is 2.23 bits per heavy atom. The lowest BCUT2D eigenvalue weighted by molar-refractivity contribution is -0.161. The van der Waals surface area contributed by atoms with E-state index >= 15 is 0 Å². The number of hydrazone groups is 1. The molecule has 1 fully saturated rings. The Kier molecular flexibility index (Phi) is 6.30. The average Bonchev–Trinajstić information content (AvgIpc) is 3.27. The van der Waals surface area contributed by atoms with E-state index < -0.39 is 47.9 Å². The summed E-state index contributed by atoms with van der Waals surface area (Å²) < 4.78 is 16.4. The Balaban J connectivity index is 1.92. The number of ether oxygens (including phenoxy) is 3. The first-order chi connectivity index (χ1) is 14.6. The number of aliphatic imine (C=N–C) groups is 1. The maximum absolute atomic E-state index is 12.5. The van der Waals surface area contributed by atoms with Crippen molar-refractivity contribution < 1.29 is 28.9 Å². The molecule has 3 rings (SSSR count). The van der Waals surface area contributed by atoms with Crippen LogP contribution in [-0.2, 0) is 23.8 Å². The maximum atomic E-state index is 12.5. The molecule has 1 saturated heterocycles. The van der Waals surface area contributed by atoms with Crippen LogP contribution in [-0.4, -0.2) is 76.8 Å². The first-order valence-electron chi connectivity index (χ1n) is 9.84. The molecule has 1 unspecified atom stereocenters. The summed E-state index contributed by atoms with van der Waals surface area (Å²) in [4.78, 5) is 27.8. The number of nitrogens with zero attached hydrogens (tertiary/aromatic N) is 4. The highest BCUT2D eigenvalue weighted by Gasteiger charge is 2.62. The highest BCUT2D eigenvalue weighted by Crippen LogP contribution is 2.43. The number of fused-ring (bicyclic) bond motifs is 1. The molecular formula is C19H26N6O6. The van der Waals surface area contributed by atoms with Gasteiger partial charge >= 0.3 is 11.9 Å². The summed E-state index contributed by atoms with van der Waals surface area (Å²) in [6.45, 7) is 4.35. The highest BCUT2D eigenvalue weighted by atomic mass is 16.6. The molecule has 168 valence electrons. The molecule has 0 saturated carbocycles. The molecule has 12 heteroatoms. The van der Waals surface area contributed by atoms with Crippen LogP contribution >= 0.6 is 0 Å². The average molecular weight is 434 g/mol. The molecule has 0 radical (unpaired) electrons. The summed E-state index contributed by atoms with van der Waals surface area (Å²) in [5.74, 6) is -1.29. The quantitative estimate of drug-likeness (QED) is 0.426. The van der Waals surface area contributed by atoms with Gasteiger partial charge in [-0.15, -0.1) is 0 Å². The number of amidine groups is 1. The molecule has 0 aliphatic carbocycles. The van der Waals surface area contributed by atoms with Gasteiger partial charge in [0.05, 0.1) is 5.70 Å². The van der Waals surface area contributed by atoms with Crippen LogP contribution in [0.1, 0.15) is 27.2 Å². The van der Waals surface area contributed by atoms with Gasteiger partial charge in [-0.3, -0.25) is 14.6 Å². The number of rotatable bonds is 6. The van der Waals surface area contributed by atoms with Gasteiger partial charge in [0, 0.05) is 6.92 Å². The summed E-state index contributed by atoms with van der Waals surface area (Å²) in [7, 11) is 0. The van der Waals surface area contributed by atoms with E-state index in [1.165, 1.54) is 18.3 Å². The van der Waals surface area contributed by atoms with E-state index in [9.17, 15) is 20.0 Å². The van der Waals surface area contributed by atoms with E-state index in [1.54, 1.807) is 19.9 Å². The Labute approximate surface area is 179 Å². The topological polar surface area (TPSA) is 186 Å². The molecule has 31 heavy (non-hydrogen) atoms. The fourth-order valence-electron chi connectivity index (χ4n) is 3.65. The maximum Gasteiger partial charge on any atom is 0.323 e. The van der Waals surface area contributed by atoms with Gasteiger partial charge in [0.2, 0.25) is 5.60 Å². The largest absolute Gasteiger partial charge is 0.463 e. The zero-order chi connectivity index (χ0) is 22.9. The van der Waals surface area contributed by atoms with E-state index in [0.717, 1.165) is 0 Å². The lowest BCUT2D eigenvalue weighted by atomic mass is 9.92. The Morgan fingerprint density at radius 1 is 1.52 bits per heavy atom. The third-order valence-corrected chi connectivity index (χ3v) is 5.47. The molecule has 5 N–H and O–H groups in total. The van der Waals surface area contributed by atoms with Crippen molar-refractivity contribution in [1.29, 1.82) is 5.26 Å². The van der Waals surface area contributed by atoms with Crippen LogP contribution in [0.25, 0.3) is 0 Å². The summed E-state index contributed by atoms with van der Waals surface area (Å²) in [6, 6.07) is 0.615. The predicted octanol–water partition coefficient (Wildman–Crippen LogP) is -1.26. The van der Waals surface area contributed by atoms with Crippen LogP contribution in [0.4, 0.5) is 0 Å². The Bertz CT molecular complexity index is 880. The van der Waals surface area contributed by atoms with E-state index in [1.807, 2.05) is 6.07 Å².